The van der Waals surface area contributed by atoms with Gasteiger partial charge in [0.2, 0.25) is 0 Å². The van der Waals surface area contributed by atoms with E-state index in [9.17, 15) is 15.0 Å². The van der Waals surface area contributed by atoms with Crippen LogP contribution in [0.3, 0.4) is 0 Å². The van der Waals surface area contributed by atoms with Crippen LogP contribution in [0.15, 0.2) is 36.4 Å². The van der Waals surface area contributed by atoms with Gasteiger partial charge in [0.05, 0.1) is 10.6 Å². The molecular formula is C14H9ClO3. The fourth-order valence-corrected chi connectivity index (χ4v) is 2.71. The largest absolute Gasteiger partial charge is 0.478 e. The van der Waals surface area contributed by atoms with Crippen LogP contribution in [0.2, 0.25) is 5.02 Å². The summed E-state index contributed by atoms with van der Waals surface area (Å²) in [6.45, 7) is 0. The maximum absolute atomic E-state index is 11.3. The molecule has 2 aromatic rings. The first-order valence-corrected chi connectivity index (χ1v) is 5.82. The number of aromatic carboxylic acids is 1. The van der Waals surface area contributed by atoms with Crippen LogP contribution in [0.4, 0.5) is 0 Å². The molecule has 0 bridgehead atoms. The average Bonchev–Trinajstić information content (AvgIpc) is 2.63. The Morgan fingerprint density at radius 2 is 1.83 bits per heavy atom. The van der Waals surface area contributed by atoms with Gasteiger partial charge in [-0.2, -0.15) is 0 Å². The first-order chi connectivity index (χ1) is 8.61. The van der Waals surface area contributed by atoms with Crippen molar-refractivity contribution in [3.8, 4) is 11.1 Å². The van der Waals surface area contributed by atoms with E-state index in [1.165, 1.54) is 0 Å². The molecule has 1 atom stereocenters. The monoisotopic (exact) mass is 260 g/mol. The van der Waals surface area contributed by atoms with Crippen LogP contribution < -0.4 is 0 Å². The minimum atomic E-state index is -1.12. The van der Waals surface area contributed by atoms with E-state index in [1.807, 2.05) is 18.2 Å². The lowest BCUT2D eigenvalue weighted by molar-refractivity contribution is 0.0692. The quantitative estimate of drug-likeness (QED) is 0.828. The molecule has 1 aliphatic rings. The second-order valence-electron chi connectivity index (χ2n) is 4.18. The summed E-state index contributed by atoms with van der Waals surface area (Å²) < 4.78 is 0. The molecule has 1 unspecified atom stereocenters. The number of hydrogen-bond donors (Lipinski definition) is 2. The summed E-state index contributed by atoms with van der Waals surface area (Å²) in [6, 6.07) is 10.6. The van der Waals surface area contributed by atoms with Gasteiger partial charge < -0.3 is 10.2 Å². The Hall–Kier alpha value is -1.84. The van der Waals surface area contributed by atoms with Gasteiger partial charge >= 0.3 is 5.97 Å². The van der Waals surface area contributed by atoms with Crippen LogP contribution >= 0.6 is 11.6 Å². The molecular weight excluding hydrogens is 252 g/mol. The molecule has 0 spiro atoms. The Morgan fingerprint density at radius 3 is 2.56 bits per heavy atom. The highest BCUT2D eigenvalue weighted by atomic mass is 35.5. The summed E-state index contributed by atoms with van der Waals surface area (Å²) in [5, 5.41) is 19.6. The van der Waals surface area contributed by atoms with E-state index in [2.05, 4.69) is 0 Å². The van der Waals surface area contributed by atoms with E-state index in [0.29, 0.717) is 5.56 Å². The van der Waals surface area contributed by atoms with Crippen molar-refractivity contribution in [1.29, 1.82) is 0 Å². The zero-order chi connectivity index (χ0) is 12.9. The van der Waals surface area contributed by atoms with Crippen LogP contribution in [0, 0.1) is 0 Å². The van der Waals surface area contributed by atoms with Crippen molar-refractivity contribution < 1.29 is 15.0 Å². The predicted molar refractivity (Wildman–Crippen MR) is 67.9 cm³/mol. The highest BCUT2D eigenvalue weighted by molar-refractivity contribution is 6.34. The number of carbonyl (C=O) groups is 1. The Bertz CT molecular complexity index is 664. The lowest BCUT2D eigenvalue weighted by Crippen LogP contribution is -2.06. The number of aliphatic hydroxyl groups excluding tert-OH is 1. The number of carboxylic acids is 1. The molecule has 0 saturated heterocycles. The van der Waals surface area contributed by atoms with Crippen LogP contribution in [0.5, 0.6) is 0 Å². The van der Waals surface area contributed by atoms with E-state index >= 15 is 0 Å². The van der Waals surface area contributed by atoms with Crippen LogP contribution in [-0.2, 0) is 0 Å². The normalized spacial score (nSPS) is 16.2. The van der Waals surface area contributed by atoms with Crippen molar-refractivity contribution in [2.24, 2.45) is 0 Å². The highest BCUT2D eigenvalue weighted by Gasteiger charge is 2.32. The van der Waals surface area contributed by atoms with Crippen molar-refractivity contribution in [3.05, 3.63) is 58.1 Å². The van der Waals surface area contributed by atoms with Crippen LogP contribution in [0.1, 0.15) is 27.6 Å². The van der Waals surface area contributed by atoms with Crippen molar-refractivity contribution in [3.63, 3.8) is 0 Å². The number of fused-ring (bicyclic) bond motifs is 3. The molecule has 3 nitrogen and oxygen atoms in total. The maximum Gasteiger partial charge on any atom is 0.337 e. The van der Waals surface area contributed by atoms with Gasteiger partial charge in [-0.05, 0) is 22.8 Å². The molecule has 0 fully saturated rings. The first kappa shape index (κ1) is 11.3. The molecule has 2 aromatic carbocycles. The third kappa shape index (κ3) is 1.38. The van der Waals surface area contributed by atoms with Gasteiger partial charge in [-0.25, -0.2) is 4.79 Å². The lowest BCUT2D eigenvalue weighted by atomic mass is 10.0. The van der Waals surface area contributed by atoms with Gasteiger partial charge in [-0.15, -0.1) is 0 Å². The molecule has 0 radical (unpaired) electrons. The summed E-state index contributed by atoms with van der Waals surface area (Å²) >= 11 is 5.92. The summed E-state index contributed by atoms with van der Waals surface area (Å²) in [4.78, 5) is 11.3. The van der Waals surface area contributed by atoms with Gasteiger partial charge in [0.25, 0.3) is 0 Å². The molecule has 1 aliphatic carbocycles. The third-order valence-electron chi connectivity index (χ3n) is 3.23. The summed E-state index contributed by atoms with van der Waals surface area (Å²) in [5.41, 5.74) is 2.69. The average molecular weight is 261 g/mol. The highest BCUT2D eigenvalue weighted by Crippen LogP contribution is 2.46. The van der Waals surface area contributed by atoms with E-state index in [1.54, 1.807) is 18.2 Å². The van der Waals surface area contributed by atoms with Gasteiger partial charge in [0.15, 0.2) is 0 Å². The van der Waals surface area contributed by atoms with Crippen molar-refractivity contribution >= 4 is 17.6 Å². The standard InChI is InChI=1S/C14H9ClO3/c15-10-6-5-8-7-3-1-2-4-9(7)13(16)11(8)12(10)14(17)18/h1-6,13,16H,(H,17,18). The molecule has 2 N–H and O–H groups in total. The van der Waals surface area contributed by atoms with Crippen LogP contribution in [0.25, 0.3) is 11.1 Å². The maximum atomic E-state index is 11.3. The fourth-order valence-electron chi connectivity index (χ4n) is 2.47. The minimum Gasteiger partial charge on any atom is -0.478 e. The Labute approximate surface area is 108 Å². The number of halogens is 1. The van der Waals surface area contributed by atoms with E-state index < -0.39 is 12.1 Å². The SMILES string of the molecule is O=C(O)c1c(Cl)ccc2c1C(O)c1ccccc1-2. The first-order valence-electron chi connectivity index (χ1n) is 5.44. The lowest BCUT2D eigenvalue weighted by Gasteiger charge is -2.10. The molecule has 4 heteroatoms. The van der Waals surface area contributed by atoms with Crippen molar-refractivity contribution in [1.82, 2.24) is 0 Å². The zero-order valence-electron chi connectivity index (χ0n) is 9.22. The molecule has 3 rings (SSSR count). The second kappa shape index (κ2) is 3.83. The summed E-state index contributed by atoms with van der Waals surface area (Å²) in [5.74, 6) is -1.12. The van der Waals surface area contributed by atoms with Gasteiger partial charge in [0, 0.05) is 5.56 Å². The second-order valence-corrected chi connectivity index (χ2v) is 4.59. The van der Waals surface area contributed by atoms with Gasteiger partial charge in [0.1, 0.15) is 6.10 Å². The Morgan fingerprint density at radius 1 is 1.11 bits per heavy atom. The Balaban J connectivity index is 2.37. The number of carboxylic acid groups (broad SMARTS) is 1. The number of benzene rings is 2. The molecule has 0 aromatic heterocycles. The van der Waals surface area contributed by atoms with Crippen molar-refractivity contribution in [2.45, 2.75) is 6.10 Å². The summed E-state index contributed by atoms with van der Waals surface area (Å²) in [7, 11) is 0. The smallest absolute Gasteiger partial charge is 0.337 e. The predicted octanol–water partition coefficient (Wildman–Crippen LogP) is 3.10. The third-order valence-corrected chi connectivity index (χ3v) is 3.54. The minimum absolute atomic E-state index is 0.0159. The molecule has 18 heavy (non-hydrogen) atoms. The molecule has 0 heterocycles. The zero-order valence-corrected chi connectivity index (χ0v) is 9.98. The number of aliphatic hydroxyl groups is 1. The molecule has 90 valence electrons. The van der Waals surface area contributed by atoms with Gasteiger partial charge in [-0.1, -0.05) is 41.9 Å². The van der Waals surface area contributed by atoms with E-state index in [0.717, 1.165) is 16.7 Å². The fraction of sp³-hybridized carbons (Fsp3) is 0.0714. The topological polar surface area (TPSA) is 57.5 Å². The van der Waals surface area contributed by atoms with Crippen LogP contribution in [-0.4, -0.2) is 16.2 Å². The number of hydrogen-bond acceptors (Lipinski definition) is 2. The van der Waals surface area contributed by atoms with Crippen molar-refractivity contribution in [2.75, 3.05) is 0 Å². The molecule has 0 amide bonds. The van der Waals surface area contributed by atoms with E-state index in [4.69, 9.17) is 11.6 Å². The summed E-state index contributed by atoms with van der Waals surface area (Å²) in [6.07, 6.45) is -0.930. The number of rotatable bonds is 1. The van der Waals surface area contributed by atoms with E-state index in [-0.39, 0.29) is 10.6 Å². The Kier molecular flexibility index (Phi) is 2.40. The van der Waals surface area contributed by atoms with Gasteiger partial charge in [-0.3, -0.25) is 0 Å². The molecule has 0 saturated carbocycles. The molecule has 0 aliphatic heterocycles.